The number of likely N-dealkylation sites (tertiary alicyclic amines) is 1. The predicted molar refractivity (Wildman–Crippen MR) is 50.1 cm³/mol. The average Bonchev–Trinajstić information content (AvgIpc) is 2.07. The third kappa shape index (κ3) is 2.90. The molecule has 0 aromatic carbocycles. The van der Waals surface area contributed by atoms with Crippen molar-refractivity contribution in [3.8, 4) is 0 Å². The highest BCUT2D eigenvalue weighted by Crippen LogP contribution is 2.32. The van der Waals surface area contributed by atoms with E-state index in [2.05, 4.69) is 11.8 Å². The van der Waals surface area contributed by atoms with Gasteiger partial charge in [0, 0.05) is 25.4 Å². The van der Waals surface area contributed by atoms with E-state index < -0.39 is 11.8 Å². The lowest BCUT2D eigenvalue weighted by molar-refractivity contribution is -0.0988. The van der Waals surface area contributed by atoms with Gasteiger partial charge in [0.1, 0.15) is 0 Å². The summed E-state index contributed by atoms with van der Waals surface area (Å²) in [6, 6.07) is 0. The van der Waals surface area contributed by atoms with Crippen molar-refractivity contribution < 1.29 is 8.78 Å². The molecule has 3 heteroatoms. The maximum atomic E-state index is 13.1. The second kappa shape index (κ2) is 4.36. The van der Waals surface area contributed by atoms with Gasteiger partial charge in [-0.05, 0) is 13.0 Å². The first-order chi connectivity index (χ1) is 6.06. The zero-order chi connectivity index (χ0) is 9.90. The van der Waals surface area contributed by atoms with E-state index in [1.165, 1.54) is 0 Å². The SMILES string of the molecule is CCCCN1CCC(F)(F)[C@@H](C)C1. The average molecular weight is 191 g/mol. The zero-order valence-corrected chi connectivity index (χ0v) is 8.52. The summed E-state index contributed by atoms with van der Waals surface area (Å²) in [6.45, 7) is 5.89. The normalized spacial score (nSPS) is 29.1. The first kappa shape index (κ1) is 10.9. The van der Waals surface area contributed by atoms with Crippen molar-refractivity contribution in [3.05, 3.63) is 0 Å². The molecule has 0 spiro atoms. The number of alkyl halides is 2. The lowest BCUT2D eigenvalue weighted by Crippen LogP contribution is -2.46. The summed E-state index contributed by atoms with van der Waals surface area (Å²) in [5.74, 6) is -2.90. The van der Waals surface area contributed by atoms with E-state index in [1.54, 1.807) is 6.92 Å². The van der Waals surface area contributed by atoms with Crippen molar-refractivity contribution >= 4 is 0 Å². The van der Waals surface area contributed by atoms with Gasteiger partial charge in [-0.2, -0.15) is 0 Å². The fraction of sp³-hybridized carbons (Fsp3) is 1.00. The van der Waals surface area contributed by atoms with E-state index in [0.29, 0.717) is 13.1 Å². The van der Waals surface area contributed by atoms with Crippen molar-refractivity contribution in [2.75, 3.05) is 19.6 Å². The second-order valence-electron chi connectivity index (χ2n) is 4.07. The van der Waals surface area contributed by atoms with Gasteiger partial charge in [-0.3, -0.25) is 0 Å². The van der Waals surface area contributed by atoms with Crippen molar-refractivity contribution in [3.63, 3.8) is 0 Å². The molecule has 78 valence electrons. The first-order valence-electron chi connectivity index (χ1n) is 5.16. The number of halogens is 2. The Labute approximate surface area is 79.1 Å². The Bertz CT molecular complexity index is 159. The highest BCUT2D eigenvalue weighted by molar-refractivity contribution is 4.83. The van der Waals surface area contributed by atoms with Crippen LogP contribution in [0.5, 0.6) is 0 Å². The molecule has 0 saturated carbocycles. The van der Waals surface area contributed by atoms with Crippen molar-refractivity contribution in [1.82, 2.24) is 4.90 Å². The van der Waals surface area contributed by atoms with Gasteiger partial charge in [-0.1, -0.05) is 20.3 Å². The molecule has 1 saturated heterocycles. The third-order valence-electron chi connectivity index (χ3n) is 2.84. The van der Waals surface area contributed by atoms with E-state index in [4.69, 9.17) is 0 Å². The van der Waals surface area contributed by atoms with Gasteiger partial charge in [0.15, 0.2) is 0 Å². The summed E-state index contributed by atoms with van der Waals surface area (Å²) in [5, 5.41) is 0. The van der Waals surface area contributed by atoms with Crippen LogP contribution in [0.15, 0.2) is 0 Å². The molecule has 1 rings (SSSR count). The number of unbranched alkanes of at least 4 members (excludes halogenated alkanes) is 1. The molecular formula is C10H19F2N. The number of hydrogen-bond donors (Lipinski definition) is 0. The Balaban J connectivity index is 2.33. The van der Waals surface area contributed by atoms with Crippen LogP contribution in [-0.4, -0.2) is 30.5 Å². The van der Waals surface area contributed by atoms with E-state index in [1.807, 2.05) is 0 Å². The van der Waals surface area contributed by atoms with E-state index >= 15 is 0 Å². The summed E-state index contributed by atoms with van der Waals surface area (Å²) < 4.78 is 26.1. The molecule has 0 N–H and O–H groups in total. The number of hydrogen-bond acceptors (Lipinski definition) is 1. The largest absolute Gasteiger partial charge is 0.303 e. The van der Waals surface area contributed by atoms with Gasteiger partial charge in [0.2, 0.25) is 0 Å². The quantitative estimate of drug-likeness (QED) is 0.663. The second-order valence-corrected chi connectivity index (χ2v) is 4.07. The van der Waals surface area contributed by atoms with Gasteiger partial charge in [-0.15, -0.1) is 0 Å². The third-order valence-corrected chi connectivity index (χ3v) is 2.84. The van der Waals surface area contributed by atoms with Crippen molar-refractivity contribution in [2.45, 2.75) is 39.0 Å². The molecule has 1 fully saturated rings. The van der Waals surface area contributed by atoms with E-state index in [0.717, 1.165) is 19.4 Å². The molecule has 13 heavy (non-hydrogen) atoms. The minimum Gasteiger partial charge on any atom is -0.303 e. The maximum absolute atomic E-state index is 13.1. The number of piperidine rings is 1. The molecule has 1 aliphatic rings. The van der Waals surface area contributed by atoms with Crippen LogP contribution in [0.1, 0.15) is 33.1 Å². The van der Waals surface area contributed by atoms with E-state index in [9.17, 15) is 8.78 Å². The Morgan fingerprint density at radius 2 is 2.15 bits per heavy atom. The molecule has 1 nitrogen and oxygen atoms in total. The minimum absolute atomic E-state index is 0.0396. The van der Waals surface area contributed by atoms with Gasteiger partial charge in [-0.25, -0.2) is 8.78 Å². The first-order valence-corrected chi connectivity index (χ1v) is 5.16. The Morgan fingerprint density at radius 1 is 1.46 bits per heavy atom. The smallest absolute Gasteiger partial charge is 0.253 e. The van der Waals surface area contributed by atoms with Gasteiger partial charge >= 0.3 is 0 Å². The van der Waals surface area contributed by atoms with Crippen LogP contribution < -0.4 is 0 Å². The van der Waals surface area contributed by atoms with E-state index in [-0.39, 0.29) is 6.42 Å². The lowest BCUT2D eigenvalue weighted by Gasteiger charge is -2.36. The van der Waals surface area contributed by atoms with Crippen LogP contribution >= 0.6 is 0 Å². The Kier molecular flexibility index (Phi) is 3.65. The van der Waals surface area contributed by atoms with Crippen LogP contribution in [0.2, 0.25) is 0 Å². The summed E-state index contributed by atoms with van der Waals surface area (Å²) in [4.78, 5) is 2.16. The molecule has 0 aromatic rings. The molecular weight excluding hydrogens is 172 g/mol. The van der Waals surface area contributed by atoms with Gasteiger partial charge in [0.05, 0.1) is 0 Å². The highest BCUT2D eigenvalue weighted by Gasteiger charge is 2.40. The summed E-state index contributed by atoms with van der Waals surface area (Å²) in [5.41, 5.74) is 0. The standard InChI is InChI=1S/C10H19F2N/c1-3-4-6-13-7-5-10(11,12)9(2)8-13/h9H,3-8H2,1-2H3/t9-/m0/s1. The topological polar surface area (TPSA) is 3.24 Å². The van der Waals surface area contributed by atoms with Crippen LogP contribution in [0.4, 0.5) is 8.78 Å². The minimum atomic E-state index is -2.43. The van der Waals surface area contributed by atoms with Gasteiger partial charge < -0.3 is 4.90 Å². The van der Waals surface area contributed by atoms with Gasteiger partial charge in [0.25, 0.3) is 5.92 Å². The molecule has 1 atom stereocenters. The van der Waals surface area contributed by atoms with Crippen LogP contribution in [-0.2, 0) is 0 Å². The Morgan fingerprint density at radius 3 is 2.69 bits per heavy atom. The summed E-state index contributed by atoms with van der Waals surface area (Å²) in [7, 11) is 0. The Hall–Kier alpha value is -0.180. The summed E-state index contributed by atoms with van der Waals surface area (Å²) in [6.07, 6.45) is 2.30. The molecule has 0 radical (unpaired) electrons. The molecule has 0 amide bonds. The molecule has 0 bridgehead atoms. The monoisotopic (exact) mass is 191 g/mol. The highest BCUT2D eigenvalue weighted by atomic mass is 19.3. The molecule has 0 aromatic heterocycles. The maximum Gasteiger partial charge on any atom is 0.253 e. The number of rotatable bonds is 3. The fourth-order valence-electron chi connectivity index (χ4n) is 1.75. The number of nitrogens with zero attached hydrogens (tertiary/aromatic N) is 1. The molecule has 1 heterocycles. The predicted octanol–water partition coefficient (Wildman–Crippen LogP) is 2.76. The molecule has 0 aliphatic carbocycles. The van der Waals surface area contributed by atoms with Crippen molar-refractivity contribution in [1.29, 1.82) is 0 Å². The molecule has 0 unspecified atom stereocenters. The van der Waals surface area contributed by atoms with Crippen LogP contribution in [0, 0.1) is 5.92 Å². The fourth-order valence-corrected chi connectivity index (χ4v) is 1.75. The zero-order valence-electron chi connectivity index (χ0n) is 8.52. The van der Waals surface area contributed by atoms with Crippen LogP contribution in [0.3, 0.4) is 0 Å². The van der Waals surface area contributed by atoms with Crippen molar-refractivity contribution in [2.24, 2.45) is 5.92 Å². The van der Waals surface area contributed by atoms with Crippen LogP contribution in [0.25, 0.3) is 0 Å². The molecule has 1 aliphatic heterocycles. The summed E-state index contributed by atoms with van der Waals surface area (Å²) >= 11 is 0. The lowest BCUT2D eigenvalue weighted by atomic mass is 9.95.